The molecule has 1 heterocycles. The van der Waals surface area contributed by atoms with Crippen molar-refractivity contribution >= 4 is 23.2 Å². The zero-order valence-electron chi connectivity index (χ0n) is 12.9. The lowest BCUT2D eigenvalue weighted by atomic mass is 10.2. The molecule has 0 bridgehead atoms. The van der Waals surface area contributed by atoms with Crippen LogP contribution in [0.25, 0.3) is 0 Å². The van der Waals surface area contributed by atoms with Gasteiger partial charge in [0.25, 0.3) is 5.91 Å². The van der Waals surface area contributed by atoms with Gasteiger partial charge in [-0.2, -0.15) is 0 Å². The summed E-state index contributed by atoms with van der Waals surface area (Å²) in [6.07, 6.45) is 2.96. The molecule has 3 aromatic rings. The number of benzene rings is 2. The van der Waals surface area contributed by atoms with Gasteiger partial charge in [-0.1, -0.05) is 42.5 Å². The number of nitrogens with one attached hydrogen (secondary N) is 2. The van der Waals surface area contributed by atoms with Gasteiger partial charge in [-0.25, -0.2) is 9.97 Å². The molecule has 3 rings (SSSR count). The largest absolute Gasteiger partial charge is 0.397 e. The molecule has 4 N–H and O–H groups in total. The number of hydrogen-bond acceptors (Lipinski definition) is 5. The maximum Gasteiger partial charge on any atom is 0.258 e. The molecule has 6 heteroatoms. The SMILES string of the molecule is Nc1ccccc1NC(=O)c1cnc(NCc2ccccc2)nc1. The van der Waals surface area contributed by atoms with E-state index < -0.39 is 0 Å². The summed E-state index contributed by atoms with van der Waals surface area (Å²) in [5, 5.41) is 5.85. The molecule has 0 aliphatic carbocycles. The van der Waals surface area contributed by atoms with Gasteiger partial charge in [0.05, 0.1) is 16.9 Å². The predicted octanol–water partition coefficient (Wildman–Crippen LogP) is 2.92. The van der Waals surface area contributed by atoms with Crippen molar-refractivity contribution < 1.29 is 4.79 Å². The highest BCUT2D eigenvalue weighted by molar-refractivity contribution is 6.05. The Labute approximate surface area is 139 Å². The van der Waals surface area contributed by atoms with Crippen LogP contribution in [0.15, 0.2) is 67.0 Å². The Morgan fingerprint density at radius 2 is 1.62 bits per heavy atom. The first-order valence-electron chi connectivity index (χ1n) is 7.48. The Balaban J connectivity index is 1.61. The second-order valence-electron chi connectivity index (χ2n) is 5.18. The molecular formula is C18H17N5O. The molecule has 0 radical (unpaired) electrons. The van der Waals surface area contributed by atoms with Crippen molar-refractivity contribution in [3.05, 3.63) is 78.1 Å². The zero-order chi connectivity index (χ0) is 16.8. The normalized spacial score (nSPS) is 10.2. The van der Waals surface area contributed by atoms with Crippen LogP contribution in [0, 0.1) is 0 Å². The van der Waals surface area contributed by atoms with Crippen LogP contribution >= 0.6 is 0 Å². The zero-order valence-corrected chi connectivity index (χ0v) is 12.9. The maximum absolute atomic E-state index is 12.2. The van der Waals surface area contributed by atoms with Gasteiger partial charge in [-0.3, -0.25) is 4.79 Å². The highest BCUT2D eigenvalue weighted by Gasteiger charge is 2.09. The van der Waals surface area contributed by atoms with Crippen LogP contribution < -0.4 is 16.4 Å². The summed E-state index contributed by atoms with van der Waals surface area (Å²) in [4.78, 5) is 20.5. The Hall–Kier alpha value is -3.41. The van der Waals surface area contributed by atoms with Crippen LogP contribution in [0.2, 0.25) is 0 Å². The summed E-state index contributed by atoms with van der Waals surface area (Å²) < 4.78 is 0. The molecule has 1 aromatic heterocycles. The number of nitrogen functional groups attached to an aromatic ring is 1. The van der Waals surface area contributed by atoms with Crippen molar-refractivity contribution in [1.29, 1.82) is 0 Å². The molecule has 0 atom stereocenters. The molecule has 0 aliphatic heterocycles. The molecule has 24 heavy (non-hydrogen) atoms. The summed E-state index contributed by atoms with van der Waals surface area (Å²) in [6.45, 7) is 0.618. The predicted molar refractivity (Wildman–Crippen MR) is 94.6 cm³/mol. The molecule has 0 saturated carbocycles. The van der Waals surface area contributed by atoms with Crippen molar-refractivity contribution in [3.63, 3.8) is 0 Å². The molecule has 0 saturated heterocycles. The second-order valence-corrected chi connectivity index (χ2v) is 5.18. The third kappa shape index (κ3) is 3.86. The number of rotatable bonds is 5. The number of amides is 1. The Bertz CT molecular complexity index is 818. The fourth-order valence-electron chi connectivity index (χ4n) is 2.12. The van der Waals surface area contributed by atoms with Crippen LogP contribution in [0.1, 0.15) is 15.9 Å². The highest BCUT2D eigenvalue weighted by Crippen LogP contribution is 2.17. The monoisotopic (exact) mass is 319 g/mol. The van der Waals surface area contributed by atoms with Gasteiger partial charge in [-0.05, 0) is 17.7 Å². The van der Waals surface area contributed by atoms with E-state index in [-0.39, 0.29) is 5.91 Å². The van der Waals surface area contributed by atoms with Crippen molar-refractivity contribution in [2.24, 2.45) is 0 Å². The van der Waals surface area contributed by atoms with E-state index in [0.717, 1.165) is 5.56 Å². The summed E-state index contributed by atoms with van der Waals surface area (Å²) >= 11 is 0. The lowest BCUT2D eigenvalue weighted by Gasteiger charge is -2.08. The molecule has 120 valence electrons. The quantitative estimate of drug-likeness (QED) is 0.629. The Kier molecular flexibility index (Phi) is 4.67. The van der Waals surface area contributed by atoms with E-state index in [4.69, 9.17) is 5.73 Å². The van der Waals surface area contributed by atoms with Gasteiger partial charge < -0.3 is 16.4 Å². The van der Waals surface area contributed by atoms with E-state index in [1.165, 1.54) is 12.4 Å². The molecule has 0 fully saturated rings. The standard InChI is InChI=1S/C18H17N5O/c19-15-8-4-5-9-16(15)23-17(24)14-11-21-18(22-12-14)20-10-13-6-2-1-3-7-13/h1-9,11-12H,10,19H2,(H,23,24)(H,20,21,22). The highest BCUT2D eigenvalue weighted by atomic mass is 16.1. The number of nitrogens with zero attached hydrogens (tertiary/aromatic N) is 2. The van der Waals surface area contributed by atoms with E-state index >= 15 is 0 Å². The van der Waals surface area contributed by atoms with E-state index in [9.17, 15) is 4.79 Å². The lowest BCUT2D eigenvalue weighted by molar-refractivity contribution is 0.102. The summed E-state index contributed by atoms with van der Waals surface area (Å²) in [5.74, 6) is 0.164. The smallest absolute Gasteiger partial charge is 0.258 e. The van der Waals surface area contributed by atoms with Gasteiger partial charge >= 0.3 is 0 Å². The van der Waals surface area contributed by atoms with Crippen molar-refractivity contribution in [2.75, 3.05) is 16.4 Å². The number of aromatic nitrogens is 2. The fourth-order valence-corrected chi connectivity index (χ4v) is 2.12. The van der Waals surface area contributed by atoms with Crippen molar-refractivity contribution in [2.45, 2.75) is 6.54 Å². The first-order chi connectivity index (χ1) is 11.7. The molecule has 6 nitrogen and oxygen atoms in total. The van der Waals surface area contributed by atoms with Crippen LogP contribution in [0.4, 0.5) is 17.3 Å². The Morgan fingerprint density at radius 3 is 2.33 bits per heavy atom. The lowest BCUT2D eigenvalue weighted by Crippen LogP contribution is -2.14. The van der Waals surface area contributed by atoms with E-state index in [1.54, 1.807) is 24.3 Å². The Morgan fingerprint density at radius 1 is 0.958 bits per heavy atom. The van der Waals surface area contributed by atoms with Gasteiger partial charge in [0, 0.05) is 18.9 Å². The van der Waals surface area contributed by atoms with E-state index in [2.05, 4.69) is 20.6 Å². The van der Waals surface area contributed by atoms with E-state index in [1.807, 2.05) is 30.3 Å². The molecule has 2 aromatic carbocycles. The number of para-hydroxylation sites is 2. The van der Waals surface area contributed by atoms with Gasteiger partial charge in [0.2, 0.25) is 5.95 Å². The van der Waals surface area contributed by atoms with Gasteiger partial charge in [0.1, 0.15) is 0 Å². The van der Waals surface area contributed by atoms with Gasteiger partial charge in [0.15, 0.2) is 0 Å². The van der Waals surface area contributed by atoms with Crippen LogP contribution in [-0.4, -0.2) is 15.9 Å². The second kappa shape index (κ2) is 7.23. The maximum atomic E-state index is 12.2. The number of nitrogens with two attached hydrogens (primary N) is 1. The van der Waals surface area contributed by atoms with Crippen LogP contribution in [0.5, 0.6) is 0 Å². The average Bonchev–Trinajstić information content (AvgIpc) is 2.63. The minimum absolute atomic E-state index is 0.303. The number of carbonyl (C=O) groups is 1. The number of anilines is 3. The third-order valence-electron chi connectivity index (χ3n) is 3.42. The summed E-state index contributed by atoms with van der Waals surface area (Å²) in [7, 11) is 0. The first-order valence-corrected chi connectivity index (χ1v) is 7.48. The third-order valence-corrected chi connectivity index (χ3v) is 3.42. The molecule has 0 unspecified atom stereocenters. The van der Waals surface area contributed by atoms with Crippen LogP contribution in [0.3, 0.4) is 0 Å². The molecule has 0 spiro atoms. The first kappa shape index (κ1) is 15.5. The van der Waals surface area contributed by atoms with Crippen molar-refractivity contribution in [1.82, 2.24) is 9.97 Å². The minimum Gasteiger partial charge on any atom is -0.397 e. The average molecular weight is 319 g/mol. The summed E-state index contributed by atoms with van der Waals surface area (Å²) in [5.41, 5.74) is 8.37. The van der Waals surface area contributed by atoms with E-state index in [0.29, 0.717) is 29.4 Å². The topological polar surface area (TPSA) is 92.9 Å². The van der Waals surface area contributed by atoms with Gasteiger partial charge in [-0.15, -0.1) is 0 Å². The molecule has 1 amide bonds. The van der Waals surface area contributed by atoms with Crippen molar-refractivity contribution in [3.8, 4) is 0 Å². The molecule has 0 aliphatic rings. The summed E-state index contributed by atoms with van der Waals surface area (Å²) in [6, 6.07) is 17.0. The minimum atomic E-state index is -0.303. The number of hydrogen-bond donors (Lipinski definition) is 3. The van der Waals surface area contributed by atoms with Crippen LogP contribution in [-0.2, 0) is 6.54 Å². The fraction of sp³-hybridized carbons (Fsp3) is 0.0556. The molecular weight excluding hydrogens is 302 g/mol. The number of carbonyl (C=O) groups excluding carboxylic acids is 1.